The third-order valence-corrected chi connectivity index (χ3v) is 6.80. The zero-order chi connectivity index (χ0) is 25.8. The number of nitrogens with zero attached hydrogens (tertiary/aromatic N) is 3. The molecule has 0 saturated heterocycles. The Morgan fingerprint density at radius 3 is 2.70 bits per heavy atom. The number of aromatic amines is 1. The molecule has 5 rings (SSSR count). The van der Waals surface area contributed by atoms with Crippen LogP contribution in [0.1, 0.15) is 27.9 Å². The number of halogens is 1. The van der Waals surface area contributed by atoms with E-state index < -0.39 is 0 Å². The van der Waals surface area contributed by atoms with Crippen molar-refractivity contribution >= 4 is 28.2 Å². The number of hydrogen-bond acceptors (Lipinski definition) is 4. The van der Waals surface area contributed by atoms with Crippen molar-refractivity contribution in [2.24, 2.45) is 7.05 Å². The Labute approximate surface area is 215 Å². The van der Waals surface area contributed by atoms with E-state index in [0.29, 0.717) is 31.6 Å². The first-order chi connectivity index (χ1) is 18.1. The molecule has 0 spiro atoms. The molecule has 0 atom stereocenters. The van der Waals surface area contributed by atoms with Crippen LogP contribution in [-0.4, -0.2) is 52.5 Å². The zero-order valence-corrected chi connectivity index (χ0v) is 21.2. The van der Waals surface area contributed by atoms with E-state index in [1.165, 1.54) is 0 Å². The summed E-state index contributed by atoms with van der Waals surface area (Å²) >= 11 is 0. The number of H-pyrrole nitrogens is 1. The number of fused-ring (bicyclic) bond motifs is 2. The summed E-state index contributed by atoms with van der Waals surface area (Å²) in [4.78, 5) is 22.3. The summed E-state index contributed by atoms with van der Waals surface area (Å²) in [6.45, 7) is 1.62. The number of alkyl halides is 1. The van der Waals surface area contributed by atoms with Crippen LogP contribution in [-0.2, 0) is 20.1 Å². The van der Waals surface area contributed by atoms with Gasteiger partial charge in [0.2, 0.25) is 0 Å². The van der Waals surface area contributed by atoms with Crippen LogP contribution in [0.4, 0.5) is 4.39 Å². The van der Waals surface area contributed by atoms with Gasteiger partial charge in [-0.1, -0.05) is 42.5 Å². The quantitative estimate of drug-likeness (QED) is 0.229. The molecule has 0 fully saturated rings. The van der Waals surface area contributed by atoms with Crippen molar-refractivity contribution in [3.63, 3.8) is 0 Å². The minimum Gasteiger partial charge on any atom is -0.487 e. The molecular weight excluding hydrogens is 467 g/mol. The molecule has 0 aliphatic heterocycles. The minimum absolute atomic E-state index is 0.317. The SMILES string of the molecule is CN(CCCF)CCc1cc2c(cc1C=O)nc(-c1cc3cccc(OCc4ccccc4)c3[nH]1)n2C. The molecule has 190 valence electrons. The van der Waals surface area contributed by atoms with E-state index in [2.05, 4.69) is 32.7 Å². The highest BCUT2D eigenvalue weighted by Crippen LogP contribution is 2.32. The van der Waals surface area contributed by atoms with Crippen molar-refractivity contribution < 1.29 is 13.9 Å². The molecule has 0 unspecified atom stereocenters. The average molecular weight is 499 g/mol. The van der Waals surface area contributed by atoms with Crippen LogP contribution in [0.15, 0.2) is 66.7 Å². The number of aldehydes is 1. The molecule has 2 aromatic heterocycles. The Bertz CT molecular complexity index is 1520. The topological polar surface area (TPSA) is 63.2 Å². The molecule has 7 heteroatoms. The summed E-state index contributed by atoms with van der Waals surface area (Å²) in [6, 6.07) is 22.1. The van der Waals surface area contributed by atoms with Gasteiger partial charge in [0, 0.05) is 31.1 Å². The summed E-state index contributed by atoms with van der Waals surface area (Å²) < 4.78 is 20.7. The first-order valence-electron chi connectivity index (χ1n) is 12.5. The predicted octanol–water partition coefficient (Wildman–Crippen LogP) is 5.95. The van der Waals surface area contributed by atoms with Gasteiger partial charge in [-0.05, 0) is 55.3 Å². The van der Waals surface area contributed by atoms with E-state index in [1.807, 2.05) is 62.6 Å². The van der Waals surface area contributed by atoms with Crippen LogP contribution in [0.2, 0.25) is 0 Å². The van der Waals surface area contributed by atoms with E-state index in [0.717, 1.165) is 63.2 Å². The summed E-state index contributed by atoms with van der Waals surface area (Å²) in [6.07, 6.45) is 2.12. The number of hydrogen-bond donors (Lipinski definition) is 1. The average Bonchev–Trinajstić information content (AvgIpc) is 3.50. The highest BCUT2D eigenvalue weighted by molar-refractivity contribution is 5.92. The number of likely N-dealkylation sites (N-methyl/N-ethyl adjacent to an activating group) is 1. The van der Waals surface area contributed by atoms with Crippen LogP contribution in [0.5, 0.6) is 5.75 Å². The highest BCUT2D eigenvalue weighted by Gasteiger charge is 2.16. The Morgan fingerprint density at radius 1 is 1.08 bits per heavy atom. The van der Waals surface area contributed by atoms with Crippen molar-refractivity contribution in [1.29, 1.82) is 0 Å². The maximum Gasteiger partial charge on any atom is 0.157 e. The maximum atomic E-state index is 12.5. The summed E-state index contributed by atoms with van der Waals surface area (Å²) in [7, 11) is 3.96. The van der Waals surface area contributed by atoms with Gasteiger partial charge in [-0.3, -0.25) is 9.18 Å². The lowest BCUT2D eigenvalue weighted by Gasteiger charge is -2.16. The molecule has 0 aliphatic carbocycles. The molecule has 3 aromatic carbocycles. The Hall–Kier alpha value is -3.97. The van der Waals surface area contributed by atoms with Gasteiger partial charge in [-0.25, -0.2) is 4.98 Å². The van der Waals surface area contributed by atoms with Gasteiger partial charge in [0.05, 0.1) is 28.9 Å². The molecule has 0 aliphatic rings. The van der Waals surface area contributed by atoms with Crippen LogP contribution < -0.4 is 4.74 Å². The van der Waals surface area contributed by atoms with Gasteiger partial charge in [0.1, 0.15) is 18.6 Å². The second kappa shape index (κ2) is 11.0. The van der Waals surface area contributed by atoms with Gasteiger partial charge < -0.3 is 19.2 Å². The van der Waals surface area contributed by atoms with Gasteiger partial charge in [-0.2, -0.15) is 0 Å². The number of benzene rings is 3. The molecule has 0 amide bonds. The second-order valence-electron chi connectivity index (χ2n) is 9.43. The molecule has 0 bridgehead atoms. The van der Waals surface area contributed by atoms with E-state index >= 15 is 0 Å². The minimum atomic E-state index is -0.317. The van der Waals surface area contributed by atoms with Crippen molar-refractivity contribution in [3.8, 4) is 17.3 Å². The number of para-hydroxylation sites is 1. The highest BCUT2D eigenvalue weighted by atomic mass is 19.1. The number of aromatic nitrogens is 3. The number of ether oxygens (including phenoxy) is 1. The summed E-state index contributed by atoms with van der Waals surface area (Å²) in [5.74, 6) is 1.57. The first kappa shape index (κ1) is 24.7. The Balaban J connectivity index is 1.44. The third-order valence-electron chi connectivity index (χ3n) is 6.80. The molecule has 0 saturated carbocycles. The van der Waals surface area contributed by atoms with Gasteiger partial charge >= 0.3 is 0 Å². The summed E-state index contributed by atoms with van der Waals surface area (Å²) in [5.41, 5.74) is 6.25. The van der Waals surface area contributed by atoms with E-state index in [4.69, 9.17) is 9.72 Å². The molecule has 0 radical (unpaired) electrons. The predicted molar refractivity (Wildman–Crippen MR) is 146 cm³/mol. The Kier molecular flexibility index (Phi) is 7.32. The second-order valence-corrected chi connectivity index (χ2v) is 9.43. The number of carbonyl (C=O) groups excluding carboxylic acids is 1. The van der Waals surface area contributed by atoms with Crippen LogP contribution in [0, 0.1) is 0 Å². The number of nitrogens with one attached hydrogen (secondary N) is 1. The van der Waals surface area contributed by atoms with E-state index in [-0.39, 0.29) is 6.67 Å². The molecular formula is C30H31FN4O2. The number of carbonyl (C=O) groups is 1. The van der Waals surface area contributed by atoms with Crippen molar-refractivity contribution in [2.45, 2.75) is 19.4 Å². The molecule has 5 aromatic rings. The zero-order valence-electron chi connectivity index (χ0n) is 21.2. The smallest absolute Gasteiger partial charge is 0.157 e. The maximum absolute atomic E-state index is 12.5. The molecule has 6 nitrogen and oxygen atoms in total. The van der Waals surface area contributed by atoms with Gasteiger partial charge in [-0.15, -0.1) is 0 Å². The number of rotatable bonds is 11. The first-order valence-corrected chi connectivity index (χ1v) is 12.5. The normalized spacial score (nSPS) is 11.6. The fraction of sp³-hybridized carbons (Fsp3) is 0.267. The van der Waals surface area contributed by atoms with Crippen LogP contribution in [0.3, 0.4) is 0 Å². The van der Waals surface area contributed by atoms with Crippen molar-refractivity contribution in [2.75, 3.05) is 26.8 Å². The van der Waals surface area contributed by atoms with E-state index in [1.54, 1.807) is 0 Å². The largest absolute Gasteiger partial charge is 0.487 e. The molecule has 37 heavy (non-hydrogen) atoms. The van der Waals surface area contributed by atoms with Crippen LogP contribution >= 0.6 is 0 Å². The van der Waals surface area contributed by atoms with Crippen LogP contribution in [0.25, 0.3) is 33.5 Å². The lowest BCUT2D eigenvalue weighted by atomic mass is 10.0. The summed E-state index contributed by atoms with van der Waals surface area (Å²) in [5, 5.41) is 1.04. The lowest BCUT2D eigenvalue weighted by Crippen LogP contribution is -2.23. The molecule has 1 N–H and O–H groups in total. The fourth-order valence-electron chi connectivity index (χ4n) is 4.72. The lowest BCUT2D eigenvalue weighted by molar-refractivity contribution is 0.112. The van der Waals surface area contributed by atoms with Crippen molar-refractivity contribution in [1.82, 2.24) is 19.4 Å². The fourth-order valence-corrected chi connectivity index (χ4v) is 4.72. The Morgan fingerprint density at radius 2 is 1.92 bits per heavy atom. The number of imidazole rings is 1. The monoisotopic (exact) mass is 498 g/mol. The van der Waals surface area contributed by atoms with Gasteiger partial charge in [0.15, 0.2) is 5.82 Å². The van der Waals surface area contributed by atoms with Crippen molar-refractivity contribution in [3.05, 3.63) is 83.4 Å². The van der Waals surface area contributed by atoms with E-state index in [9.17, 15) is 9.18 Å². The third kappa shape index (κ3) is 5.27. The molecule has 2 heterocycles. The standard InChI is InChI=1S/C30H31FN4O2/c1-34(14-7-13-31)15-12-22-18-27-25(17-24(22)19-36)33-30(35(27)2)26-16-23-10-6-11-28(29(23)32-26)37-20-21-8-4-3-5-9-21/h3-6,8-11,16-19,32H,7,12-15,20H2,1-2H3. The number of aryl methyl sites for hydroxylation is 1. The van der Waals surface area contributed by atoms with Gasteiger partial charge in [0.25, 0.3) is 0 Å².